The molecule has 78 valence electrons. The molecule has 1 aromatic heterocycles. The smallest absolute Gasteiger partial charge is 0.269 e. The minimum Gasteiger partial charge on any atom is -0.317 e. The lowest BCUT2D eigenvalue weighted by molar-refractivity contribution is 0.606. The Morgan fingerprint density at radius 1 is 1.47 bits per heavy atom. The minimum atomic E-state index is -0.726. The van der Waals surface area contributed by atoms with Crippen LogP contribution in [0.25, 0.3) is 11.0 Å². The average Bonchev–Trinajstić information content (AvgIpc) is 2.18. The summed E-state index contributed by atoms with van der Waals surface area (Å²) in [7, 11) is 0. The Morgan fingerprint density at radius 3 is 2.80 bits per heavy atom. The largest absolute Gasteiger partial charge is 0.317 e. The number of hydrogen-bond donors (Lipinski definition) is 1. The Kier molecular flexibility index (Phi) is 2.30. The Hall–Kier alpha value is -1.30. The normalized spacial score (nSPS) is 10.9. The number of rotatable bonds is 0. The van der Waals surface area contributed by atoms with Gasteiger partial charge in [0, 0.05) is 0 Å². The number of halogens is 3. The highest BCUT2D eigenvalue weighted by Crippen LogP contribution is 2.24. The van der Waals surface area contributed by atoms with Crippen molar-refractivity contribution in [3.8, 4) is 0 Å². The number of aromatic nitrogens is 2. The van der Waals surface area contributed by atoms with Gasteiger partial charge in [0.15, 0.2) is 11.6 Å². The summed E-state index contributed by atoms with van der Waals surface area (Å²) >= 11 is 2.85. The summed E-state index contributed by atoms with van der Waals surface area (Å²) < 4.78 is 26.8. The maximum atomic E-state index is 13.5. The zero-order valence-corrected chi connectivity index (χ0v) is 9.15. The Bertz CT molecular complexity index is 609. The standard InChI is InChI=1S/C9H5BrF2N2O/c1-3-9(15)14-8-6(12)4(10)2-5(11)7(8)13-3/h2H,1H3,(H,14,15). The molecular formula is C9H5BrF2N2O. The van der Waals surface area contributed by atoms with Gasteiger partial charge in [0.05, 0.1) is 4.47 Å². The van der Waals surface area contributed by atoms with E-state index >= 15 is 0 Å². The summed E-state index contributed by atoms with van der Waals surface area (Å²) in [5.74, 6) is -1.41. The quantitative estimate of drug-likeness (QED) is 0.750. The number of aromatic amines is 1. The van der Waals surface area contributed by atoms with Crippen molar-refractivity contribution in [3.05, 3.63) is 38.2 Å². The molecule has 0 atom stereocenters. The van der Waals surface area contributed by atoms with Crippen LogP contribution in [0.3, 0.4) is 0 Å². The maximum absolute atomic E-state index is 13.5. The minimum absolute atomic E-state index is 0.0474. The second kappa shape index (κ2) is 3.37. The second-order valence-electron chi connectivity index (χ2n) is 3.03. The van der Waals surface area contributed by atoms with Crippen LogP contribution in [0.5, 0.6) is 0 Å². The van der Waals surface area contributed by atoms with Crippen molar-refractivity contribution in [3.63, 3.8) is 0 Å². The van der Waals surface area contributed by atoms with Crippen molar-refractivity contribution in [2.45, 2.75) is 6.92 Å². The highest BCUT2D eigenvalue weighted by atomic mass is 79.9. The first-order valence-corrected chi connectivity index (χ1v) is 4.84. The third kappa shape index (κ3) is 1.54. The third-order valence-corrected chi connectivity index (χ3v) is 2.57. The maximum Gasteiger partial charge on any atom is 0.269 e. The molecule has 2 aromatic rings. The molecule has 1 heterocycles. The van der Waals surface area contributed by atoms with Crippen molar-refractivity contribution in [1.82, 2.24) is 9.97 Å². The van der Waals surface area contributed by atoms with E-state index in [9.17, 15) is 13.6 Å². The SMILES string of the molecule is Cc1nc2c(F)cc(Br)c(F)c2[nH]c1=O. The summed E-state index contributed by atoms with van der Waals surface area (Å²) in [6.07, 6.45) is 0. The van der Waals surface area contributed by atoms with Crippen LogP contribution < -0.4 is 5.56 Å². The fraction of sp³-hybridized carbons (Fsp3) is 0.111. The van der Waals surface area contributed by atoms with Crippen LogP contribution in [0, 0.1) is 18.6 Å². The molecule has 0 amide bonds. The summed E-state index contributed by atoms with van der Waals surface area (Å²) in [5, 5.41) is 0. The molecule has 15 heavy (non-hydrogen) atoms. The molecular weight excluding hydrogens is 270 g/mol. The lowest BCUT2D eigenvalue weighted by atomic mass is 10.2. The van der Waals surface area contributed by atoms with Gasteiger partial charge >= 0.3 is 0 Å². The molecule has 2 rings (SSSR count). The predicted octanol–water partition coefficient (Wildman–Crippen LogP) is 2.27. The zero-order chi connectivity index (χ0) is 11.2. The van der Waals surface area contributed by atoms with Gasteiger partial charge in [-0.2, -0.15) is 0 Å². The lowest BCUT2D eigenvalue weighted by Crippen LogP contribution is -2.13. The van der Waals surface area contributed by atoms with E-state index in [2.05, 4.69) is 25.9 Å². The fourth-order valence-corrected chi connectivity index (χ4v) is 1.63. The van der Waals surface area contributed by atoms with E-state index in [1.54, 1.807) is 0 Å². The lowest BCUT2D eigenvalue weighted by Gasteiger charge is -2.03. The van der Waals surface area contributed by atoms with Gasteiger partial charge in [-0.05, 0) is 28.9 Å². The van der Waals surface area contributed by atoms with E-state index in [-0.39, 0.29) is 21.2 Å². The average molecular weight is 275 g/mol. The molecule has 0 saturated carbocycles. The van der Waals surface area contributed by atoms with Crippen LogP contribution in [0.2, 0.25) is 0 Å². The molecule has 0 saturated heterocycles. The Labute approximate surface area is 91.3 Å². The first-order chi connectivity index (χ1) is 7.00. The first kappa shape index (κ1) is 10.2. The number of fused-ring (bicyclic) bond motifs is 1. The number of nitrogens with zero attached hydrogens (tertiary/aromatic N) is 1. The number of hydrogen-bond acceptors (Lipinski definition) is 2. The number of H-pyrrole nitrogens is 1. The van der Waals surface area contributed by atoms with E-state index < -0.39 is 17.2 Å². The molecule has 0 aliphatic carbocycles. The van der Waals surface area contributed by atoms with Crippen molar-refractivity contribution >= 4 is 27.0 Å². The topological polar surface area (TPSA) is 45.8 Å². The van der Waals surface area contributed by atoms with E-state index in [0.717, 1.165) is 6.07 Å². The number of aryl methyl sites for hydroxylation is 1. The Morgan fingerprint density at radius 2 is 2.13 bits per heavy atom. The van der Waals surface area contributed by atoms with Crippen LogP contribution in [-0.2, 0) is 0 Å². The van der Waals surface area contributed by atoms with Crippen LogP contribution in [0.1, 0.15) is 5.69 Å². The molecule has 0 unspecified atom stereocenters. The van der Waals surface area contributed by atoms with Gasteiger partial charge in [-0.15, -0.1) is 0 Å². The third-order valence-electron chi connectivity index (χ3n) is 1.99. The van der Waals surface area contributed by atoms with Gasteiger partial charge < -0.3 is 4.98 Å². The van der Waals surface area contributed by atoms with Gasteiger partial charge in [-0.3, -0.25) is 4.79 Å². The van der Waals surface area contributed by atoms with Gasteiger partial charge in [-0.25, -0.2) is 13.8 Å². The monoisotopic (exact) mass is 274 g/mol. The molecule has 1 aromatic carbocycles. The molecule has 0 aliphatic rings. The molecule has 3 nitrogen and oxygen atoms in total. The van der Waals surface area contributed by atoms with E-state index in [4.69, 9.17) is 0 Å². The van der Waals surface area contributed by atoms with Gasteiger partial charge in [0.2, 0.25) is 0 Å². The Balaban J connectivity index is 3.04. The second-order valence-corrected chi connectivity index (χ2v) is 3.88. The summed E-state index contributed by atoms with van der Waals surface area (Å²) in [5.41, 5.74) is -0.827. The van der Waals surface area contributed by atoms with Crippen LogP contribution in [-0.4, -0.2) is 9.97 Å². The number of benzene rings is 1. The predicted molar refractivity (Wildman–Crippen MR) is 54.7 cm³/mol. The van der Waals surface area contributed by atoms with Gasteiger partial charge in [-0.1, -0.05) is 0 Å². The highest BCUT2D eigenvalue weighted by Gasteiger charge is 2.13. The first-order valence-electron chi connectivity index (χ1n) is 4.05. The van der Waals surface area contributed by atoms with Crippen molar-refractivity contribution < 1.29 is 8.78 Å². The zero-order valence-electron chi connectivity index (χ0n) is 7.57. The van der Waals surface area contributed by atoms with E-state index in [1.807, 2.05) is 0 Å². The highest BCUT2D eigenvalue weighted by molar-refractivity contribution is 9.10. The summed E-state index contributed by atoms with van der Waals surface area (Å²) in [6, 6.07) is 0.975. The molecule has 1 N–H and O–H groups in total. The molecule has 0 radical (unpaired) electrons. The molecule has 0 bridgehead atoms. The molecule has 0 aliphatic heterocycles. The summed E-state index contributed by atoms with van der Waals surface area (Å²) in [6.45, 7) is 1.43. The number of nitrogens with one attached hydrogen (secondary N) is 1. The van der Waals surface area contributed by atoms with Gasteiger partial charge in [0.25, 0.3) is 5.56 Å². The molecule has 6 heteroatoms. The van der Waals surface area contributed by atoms with Crippen LogP contribution in [0.4, 0.5) is 8.78 Å². The fourth-order valence-electron chi connectivity index (χ4n) is 1.23. The molecule has 0 spiro atoms. The summed E-state index contributed by atoms with van der Waals surface area (Å²) in [4.78, 5) is 17.1. The van der Waals surface area contributed by atoms with Crippen molar-refractivity contribution in [2.75, 3.05) is 0 Å². The van der Waals surface area contributed by atoms with Crippen LogP contribution in [0.15, 0.2) is 15.3 Å². The van der Waals surface area contributed by atoms with Crippen molar-refractivity contribution in [1.29, 1.82) is 0 Å². The van der Waals surface area contributed by atoms with Crippen molar-refractivity contribution in [2.24, 2.45) is 0 Å². The van der Waals surface area contributed by atoms with Crippen LogP contribution >= 0.6 is 15.9 Å². The molecule has 0 fully saturated rings. The van der Waals surface area contributed by atoms with Gasteiger partial charge in [0.1, 0.15) is 16.7 Å². The van der Waals surface area contributed by atoms with E-state index in [0.29, 0.717) is 0 Å². The van der Waals surface area contributed by atoms with E-state index in [1.165, 1.54) is 6.92 Å².